The zero-order chi connectivity index (χ0) is 12.1. The van der Waals surface area contributed by atoms with Crippen molar-refractivity contribution in [3.63, 3.8) is 0 Å². The summed E-state index contributed by atoms with van der Waals surface area (Å²) in [7, 11) is 0. The molecule has 4 nitrogen and oxygen atoms in total. The number of hydrogen-bond donors (Lipinski definition) is 1. The van der Waals surface area contributed by atoms with E-state index in [0.29, 0.717) is 12.5 Å². The molecular weight excluding hydrogens is 270 g/mol. The van der Waals surface area contributed by atoms with Gasteiger partial charge in [-0.3, -0.25) is 4.68 Å². The van der Waals surface area contributed by atoms with Crippen LogP contribution in [0.4, 0.5) is 0 Å². The molecule has 0 aliphatic carbocycles. The van der Waals surface area contributed by atoms with E-state index < -0.39 is 0 Å². The molecule has 0 spiro atoms. The first-order chi connectivity index (χ1) is 7.56. The molecule has 0 unspecified atom stereocenters. The summed E-state index contributed by atoms with van der Waals surface area (Å²) in [5.74, 6) is 0.536. The SMILES string of the molecule is CCn1nc(C)c(Br)c1CNOCC(C)C. The van der Waals surface area contributed by atoms with Gasteiger partial charge in [-0.2, -0.15) is 10.6 Å². The zero-order valence-corrected chi connectivity index (χ0v) is 12.0. The zero-order valence-electron chi connectivity index (χ0n) is 10.4. The van der Waals surface area contributed by atoms with Crippen molar-refractivity contribution in [1.82, 2.24) is 15.3 Å². The molecule has 0 saturated heterocycles. The van der Waals surface area contributed by atoms with Crippen molar-refractivity contribution in [3.8, 4) is 0 Å². The first-order valence-corrected chi connectivity index (χ1v) is 6.42. The lowest BCUT2D eigenvalue weighted by Gasteiger charge is -2.09. The average molecular weight is 290 g/mol. The van der Waals surface area contributed by atoms with E-state index in [2.05, 4.69) is 47.3 Å². The van der Waals surface area contributed by atoms with Crippen LogP contribution in [0.3, 0.4) is 0 Å². The summed E-state index contributed by atoms with van der Waals surface area (Å²) in [6.45, 7) is 10.6. The standard InChI is InChI=1S/C11H20BrN3O/c1-5-15-10(11(12)9(4)14-15)6-13-16-7-8(2)3/h8,13H,5-7H2,1-4H3. The highest BCUT2D eigenvalue weighted by atomic mass is 79.9. The van der Waals surface area contributed by atoms with Crippen molar-refractivity contribution < 1.29 is 4.84 Å². The molecule has 0 bridgehead atoms. The number of hydroxylamine groups is 1. The van der Waals surface area contributed by atoms with E-state index in [-0.39, 0.29) is 0 Å². The number of aromatic nitrogens is 2. The highest BCUT2D eigenvalue weighted by Gasteiger charge is 2.11. The van der Waals surface area contributed by atoms with E-state index >= 15 is 0 Å². The van der Waals surface area contributed by atoms with Crippen molar-refractivity contribution in [2.24, 2.45) is 5.92 Å². The van der Waals surface area contributed by atoms with Crippen molar-refractivity contribution >= 4 is 15.9 Å². The fraction of sp³-hybridized carbons (Fsp3) is 0.727. The van der Waals surface area contributed by atoms with Crippen LogP contribution in [0.15, 0.2) is 4.47 Å². The van der Waals surface area contributed by atoms with Gasteiger partial charge in [0.2, 0.25) is 0 Å². The Hall–Kier alpha value is -0.390. The lowest BCUT2D eigenvalue weighted by atomic mass is 10.2. The van der Waals surface area contributed by atoms with Crippen LogP contribution in [0.5, 0.6) is 0 Å². The lowest BCUT2D eigenvalue weighted by molar-refractivity contribution is 0.0183. The van der Waals surface area contributed by atoms with Gasteiger partial charge in [-0.15, -0.1) is 0 Å². The quantitative estimate of drug-likeness (QED) is 0.646. The molecule has 0 radical (unpaired) electrons. The number of hydrogen-bond acceptors (Lipinski definition) is 3. The van der Waals surface area contributed by atoms with Gasteiger partial charge in [0.25, 0.3) is 0 Å². The molecule has 0 aromatic carbocycles. The molecule has 1 N–H and O–H groups in total. The van der Waals surface area contributed by atoms with Crippen LogP contribution in [-0.2, 0) is 17.9 Å². The van der Waals surface area contributed by atoms with Crippen LogP contribution in [0.25, 0.3) is 0 Å². The maximum Gasteiger partial charge on any atom is 0.0739 e. The van der Waals surface area contributed by atoms with Gasteiger partial charge in [0.05, 0.1) is 29.0 Å². The minimum Gasteiger partial charge on any atom is -0.301 e. The predicted octanol–water partition coefficient (Wildman–Crippen LogP) is 2.65. The predicted molar refractivity (Wildman–Crippen MR) is 68.0 cm³/mol. The molecule has 5 heteroatoms. The Bertz CT molecular complexity index is 336. The van der Waals surface area contributed by atoms with Crippen LogP contribution in [0.2, 0.25) is 0 Å². The summed E-state index contributed by atoms with van der Waals surface area (Å²) in [6, 6.07) is 0. The lowest BCUT2D eigenvalue weighted by Crippen LogP contribution is -2.19. The molecule has 0 atom stereocenters. The fourth-order valence-electron chi connectivity index (χ4n) is 1.38. The molecule has 1 rings (SSSR count). The summed E-state index contributed by atoms with van der Waals surface area (Å²) in [4.78, 5) is 5.35. The molecule has 0 fully saturated rings. The molecule has 92 valence electrons. The van der Waals surface area contributed by atoms with Crippen molar-refractivity contribution in [2.75, 3.05) is 6.61 Å². The Balaban J connectivity index is 2.52. The van der Waals surface area contributed by atoms with E-state index in [1.54, 1.807) is 0 Å². The Morgan fingerprint density at radius 1 is 1.50 bits per heavy atom. The smallest absolute Gasteiger partial charge is 0.0739 e. The normalized spacial score (nSPS) is 11.4. The van der Waals surface area contributed by atoms with Crippen LogP contribution >= 0.6 is 15.9 Å². The summed E-state index contributed by atoms with van der Waals surface area (Å²) in [5, 5.41) is 4.42. The topological polar surface area (TPSA) is 39.1 Å². The maximum absolute atomic E-state index is 5.35. The summed E-state index contributed by atoms with van der Waals surface area (Å²) in [5.41, 5.74) is 5.12. The second-order valence-corrected chi connectivity index (χ2v) is 4.98. The first-order valence-electron chi connectivity index (χ1n) is 5.62. The van der Waals surface area contributed by atoms with Gasteiger partial charge in [0.15, 0.2) is 0 Å². The average Bonchev–Trinajstić information content (AvgIpc) is 2.50. The number of aryl methyl sites for hydroxylation is 2. The second kappa shape index (κ2) is 6.37. The third kappa shape index (κ3) is 3.57. The van der Waals surface area contributed by atoms with Crippen molar-refractivity contribution in [3.05, 3.63) is 15.9 Å². The van der Waals surface area contributed by atoms with Crippen LogP contribution in [0.1, 0.15) is 32.2 Å². The Labute approximate surface area is 105 Å². The van der Waals surface area contributed by atoms with Gasteiger partial charge in [-0.05, 0) is 35.7 Å². The highest BCUT2D eigenvalue weighted by Crippen LogP contribution is 2.20. The summed E-state index contributed by atoms with van der Waals surface area (Å²) >= 11 is 3.54. The van der Waals surface area contributed by atoms with Gasteiger partial charge in [-0.1, -0.05) is 13.8 Å². The molecule has 16 heavy (non-hydrogen) atoms. The van der Waals surface area contributed by atoms with E-state index in [4.69, 9.17) is 4.84 Å². The van der Waals surface area contributed by atoms with Crippen LogP contribution in [0, 0.1) is 12.8 Å². The summed E-state index contributed by atoms with van der Waals surface area (Å²) in [6.07, 6.45) is 0. The molecule has 1 aromatic rings. The Kier molecular flexibility index (Phi) is 5.44. The monoisotopic (exact) mass is 289 g/mol. The van der Waals surface area contributed by atoms with Crippen molar-refractivity contribution in [2.45, 2.75) is 40.8 Å². The summed E-state index contributed by atoms with van der Waals surface area (Å²) < 4.78 is 3.04. The number of halogens is 1. The highest BCUT2D eigenvalue weighted by molar-refractivity contribution is 9.10. The molecular formula is C11H20BrN3O. The van der Waals surface area contributed by atoms with Gasteiger partial charge in [0.1, 0.15) is 0 Å². The molecule has 1 heterocycles. The Morgan fingerprint density at radius 2 is 2.19 bits per heavy atom. The minimum absolute atomic E-state index is 0.536. The first kappa shape index (κ1) is 13.7. The van der Waals surface area contributed by atoms with E-state index in [1.807, 2.05) is 11.6 Å². The van der Waals surface area contributed by atoms with E-state index in [0.717, 1.165) is 29.0 Å². The molecule has 1 aromatic heterocycles. The third-order valence-corrected chi connectivity index (χ3v) is 3.24. The Morgan fingerprint density at radius 3 is 2.75 bits per heavy atom. The second-order valence-electron chi connectivity index (χ2n) is 4.19. The minimum atomic E-state index is 0.536. The molecule has 0 aliphatic rings. The van der Waals surface area contributed by atoms with Gasteiger partial charge >= 0.3 is 0 Å². The largest absolute Gasteiger partial charge is 0.301 e. The van der Waals surface area contributed by atoms with Crippen LogP contribution in [-0.4, -0.2) is 16.4 Å². The van der Waals surface area contributed by atoms with E-state index in [1.165, 1.54) is 0 Å². The molecule has 0 aliphatic heterocycles. The fourth-order valence-corrected chi connectivity index (χ4v) is 1.81. The molecule has 0 saturated carbocycles. The number of nitrogens with one attached hydrogen (secondary N) is 1. The number of rotatable bonds is 6. The third-order valence-electron chi connectivity index (χ3n) is 2.21. The number of nitrogens with zero attached hydrogens (tertiary/aromatic N) is 2. The maximum atomic E-state index is 5.35. The van der Waals surface area contributed by atoms with Crippen molar-refractivity contribution in [1.29, 1.82) is 0 Å². The van der Waals surface area contributed by atoms with Gasteiger partial charge in [0, 0.05) is 6.54 Å². The van der Waals surface area contributed by atoms with Gasteiger partial charge < -0.3 is 4.84 Å². The van der Waals surface area contributed by atoms with Gasteiger partial charge in [-0.25, -0.2) is 0 Å². The molecule has 0 amide bonds. The van der Waals surface area contributed by atoms with Crippen LogP contribution < -0.4 is 5.48 Å². The van der Waals surface area contributed by atoms with E-state index in [9.17, 15) is 0 Å².